The lowest BCUT2D eigenvalue weighted by atomic mass is 10.1. The van der Waals surface area contributed by atoms with Gasteiger partial charge in [0.25, 0.3) is 5.56 Å². The van der Waals surface area contributed by atoms with E-state index < -0.39 is 0 Å². The largest absolute Gasteiger partial charge is 0.308 e. The fourth-order valence-electron chi connectivity index (χ4n) is 2.39. The van der Waals surface area contributed by atoms with Crippen molar-refractivity contribution in [3.8, 4) is 0 Å². The van der Waals surface area contributed by atoms with Crippen LogP contribution in [0.1, 0.15) is 30.9 Å². The summed E-state index contributed by atoms with van der Waals surface area (Å²) in [7, 11) is 4.20. The van der Waals surface area contributed by atoms with Crippen molar-refractivity contribution in [1.82, 2.24) is 19.8 Å². The van der Waals surface area contributed by atoms with Gasteiger partial charge in [0.2, 0.25) is 0 Å². The molecule has 19 heavy (non-hydrogen) atoms. The molecule has 1 fully saturated rings. The summed E-state index contributed by atoms with van der Waals surface area (Å²) >= 11 is 2.09. The quantitative estimate of drug-likeness (QED) is 0.807. The average Bonchev–Trinajstić information content (AvgIpc) is 2.38. The number of likely N-dealkylation sites (N-methyl/N-ethyl adjacent to an activating group) is 2. The molecule has 0 radical (unpaired) electrons. The molecule has 0 amide bonds. The van der Waals surface area contributed by atoms with Crippen molar-refractivity contribution in [2.45, 2.75) is 25.8 Å². The minimum Gasteiger partial charge on any atom is -0.308 e. The Morgan fingerprint density at radius 1 is 1.42 bits per heavy atom. The second-order valence-electron chi connectivity index (χ2n) is 5.22. The molecule has 0 saturated carbocycles. The van der Waals surface area contributed by atoms with Gasteiger partial charge in [0.05, 0.1) is 15.3 Å². The Morgan fingerprint density at radius 2 is 2.16 bits per heavy atom. The fourth-order valence-corrected chi connectivity index (χ4v) is 2.92. The van der Waals surface area contributed by atoms with Gasteiger partial charge < -0.3 is 9.88 Å². The zero-order chi connectivity index (χ0) is 14.0. The van der Waals surface area contributed by atoms with E-state index in [0.29, 0.717) is 0 Å². The molecular weight excluding hydrogens is 355 g/mol. The van der Waals surface area contributed by atoms with Crippen LogP contribution in [0.2, 0.25) is 0 Å². The van der Waals surface area contributed by atoms with Crippen LogP contribution in [-0.4, -0.2) is 53.5 Å². The molecule has 1 saturated heterocycles. The van der Waals surface area contributed by atoms with Crippen LogP contribution in [0.25, 0.3) is 0 Å². The average molecular weight is 376 g/mol. The van der Waals surface area contributed by atoms with Gasteiger partial charge in [0, 0.05) is 19.6 Å². The standard InChI is InChI=1S/C13H21IN4O/c1-4-5-9-11(14)13(19)16-12(15-9)10-8-17(2)6-7-18(10)3/h10H,4-8H2,1-3H3,(H,15,16,19). The fraction of sp³-hybridized carbons (Fsp3) is 0.692. The van der Waals surface area contributed by atoms with E-state index in [2.05, 4.69) is 58.4 Å². The molecule has 2 rings (SSSR count). The normalized spacial score (nSPS) is 21.8. The zero-order valence-electron chi connectivity index (χ0n) is 11.7. The van der Waals surface area contributed by atoms with Crippen LogP contribution in [0.4, 0.5) is 0 Å². The van der Waals surface area contributed by atoms with Gasteiger partial charge >= 0.3 is 0 Å². The zero-order valence-corrected chi connectivity index (χ0v) is 13.9. The molecule has 1 unspecified atom stereocenters. The van der Waals surface area contributed by atoms with Gasteiger partial charge in [-0.3, -0.25) is 9.69 Å². The molecule has 0 aliphatic carbocycles. The molecule has 2 heterocycles. The summed E-state index contributed by atoms with van der Waals surface area (Å²) in [5.74, 6) is 0.808. The Balaban J connectivity index is 2.36. The minimum absolute atomic E-state index is 0.00400. The van der Waals surface area contributed by atoms with E-state index in [4.69, 9.17) is 4.98 Å². The molecular formula is C13H21IN4O. The first-order valence-electron chi connectivity index (χ1n) is 6.70. The Hall–Kier alpha value is -0.470. The van der Waals surface area contributed by atoms with Crippen LogP contribution in [0.5, 0.6) is 0 Å². The van der Waals surface area contributed by atoms with Gasteiger partial charge in [-0.2, -0.15) is 0 Å². The van der Waals surface area contributed by atoms with E-state index in [0.717, 1.165) is 47.6 Å². The van der Waals surface area contributed by atoms with Crippen LogP contribution in [-0.2, 0) is 6.42 Å². The highest BCUT2D eigenvalue weighted by atomic mass is 127. The first-order chi connectivity index (χ1) is 9.02. The Labute approximate surface area is 127 Å². The number of aryl methyl sites for hydroxylation is 1. The van der Waals surface area contributed by atoms with E-state index in [-0.39, 0.29) is 11.6 Å². The van der Waals surface area contributed by atoms with Crippen molar-refractivity contribution in [2.75, 3.05) is 33.7 Å². The number of halogens is 1. The lowest BCUT2D eigenvalue weighted by Gasteiger charge is -2.37. The molecule has 1 aromatic rings. The number of aromatic nitrogens is 2. The lowest BCUT2D eigenvalue weighted by molar-refractivity contribution is 0.109. The number of nitrogens with zero attached hydrogens (tertiary/aromatic N) is 3. The summed E-state index contributed by atoms with van der Waals surface area (Å²) in [5, 5.41) is 0. The minimum atomic E-state index is -0.00400. The second kappa shape index (κ2) is 6.32. The predicted molar refractivity (Wildman–Crippen MR) is 84.4 cm³/mol. The first kappa shape index (κ1) is 14.9. The maximum Gasteiger partial charge on any atom is 0.264 e. The number of piperazine rings is 1. The number of hydrogen-bond acceptors (Lipinski definition) is 4. The van der Waals surface area contributed by atoms with E-state index in [1.807, 2.05) is 0 Å². The molecule has 0 spiro atoms. The molecule has 1 N–H and O–H groups in total. The summed E-state index contributed by atoms with van der Waals surface area (Å²) in [5.41, 5.74) is 0.930. The summed E-state index contributed by atoms with van der Waals surface area (Å²) in [4.78, 5) is 24.2. The number of aromatic amines is 1. The number of H-pyrrole nitrogens is 1. The van der Waals surface area contributed by atoms with Crippen molar-refractivity contribution >= 4 is 22.6 Å². The summed E-state index contributed by atoms with van der Waals surface area (Å²) in [6.45, 7) is 5.08. The number of rotatable bonds is 3. The third kappa shape index (κ3) is 3.35. The van der Waals surface area contributed by atoms with Crippen molar-refractivity contribution in [2.24, 2.45) is 0 Å². The van der Waals surface area contributed by atoms with Gasteiger partial charge in [-0.05, 0) is 43.1 Å². The second-order valence-corrected chi connectivity index (χ2v) is 6.30. The highest BCUT2D eigenvalue weighted by molar-refractivity contribution is 14.1. The molecule has 6 heteroatoms. The maximum absolute atomic E-state index is 12.0. The van der Waals surface area contributed by atoms with Crippen LogP contribution in [0.15, 0.2) is 4.79 Å². The first-order valence-corrected chi connectivity index (χ1v) is 7.78. The highest BCUT2D eigenvalue weighted by Gasteiger charge is 2.26. The van der Waals surface area contributed by atoms with Crippen molar-refractivity contribution < 1.29 is 0 Å². The Kier molecular flexibility index (Phi) is 4.97. The topological polar surface area (TPSA) is 52.2 Å². The van der Waals surface area contributed by atoms with Gasteiger partial charge in [-0.1, -0.05) is 13.3 Å². The van der Waals surface area contributed by atoms with E-state index >= 15 is 0 Å². The maximum atomic E-state index is 12.0. The van der Waals surface area contributed by atoms with Crippen LogP contribution >= 0.6 is 22.6 Å². The predicted octanol–water partition coefficient (Wildman–Crippen LogP) is 1.25. The monoisotopic (exact) mass is 376 g/mol. The van der Waals surface area contributed by atoms with E-state index in [9.17, 15) is 4.79 Å². The molecule has 1 aliphatic rings. The highest BCUT2D eigenvalue weighted by Crippen LogP contribution is 2.20. The summed E-state index contributed by atoms with van der Waals surface area (Å²) < 4.78 is 0.731. The van der Waals surface area contributed by atoms with Crippen molar-refractivity contribution in [3.63, 3.8) is 0 Å². The molecule has 1 aromatic heterocycles. The third-order valence-electron chi connectivity index (χ3n) is 3.60. The SMILES string of the molecule is CCCc1nc(C2CN(C)CCN2C)[nH]c(=O)c1I. The molecule has 1 atom stereocenters. The molecule has 1 aliphatic heterocycles. The molecule has 0 aromatic carbocycles. The molecule has 106 valence electrons. The van der Waals surface area contributed by atoms with Crippen LogP contribution < -0.4 is 5.56 Å². The molecule has 5 nitrogen and oxygen atoms in total. The van der Waals surface area contributed by atoms with Crippen LogP contribution in [0.3, 0.4) is 0 Å². The summed E-state index contributed by atoms with van der Waals surface area (Å²) in [6.07, 6.45) is 1.87. The van der Waals surface area contributed by atoms with E-state index in [1.165, 1.54) is 0 Å². The third-order valence-corrected chi connectivity index (χ3v) is 4.72. The smallest absolute Gasteiger partial charge is 0.264 e. The van der Waals surface area contributed by atoms with Crippen molar-refractivity contribution in [1.29, 1.82) is 0 Å². The summed E-state index contributed by atoms with van der Waals surface area (Å²) in [6, 6.07) is 0.180. The van der Waals surface area contributed by atoms with Gasteiger partial charge in [0.15, 0.2) is 0 Å². The van der Waals surface area contributed by atoms with Gasteiger partial charge in [-0.15, -0.1) is 0 Å². The Morgan fingerprint density at radius 3 is 2.84 bits per heavy atom. The lowest BCUT2D eigenvalue weighted by Crippen LogP contribution is -2.46. The van der Waals surface area contributed by atoms with Gasteiger partial charge in [0.1, 0.15) is 5.82 Å². The van der Waals surface area contributed by atoms with E-state index in [1.54, 1.807) is 0 Å². The molecule has 0 bridgehead atoms. The number of nitrogens with one attached hydrogen (secondary N) is 1. The Bertz CT molecular complexity index is 502. The van der Waals surface area contributed by atoms with Crippen molar-refractivity contribution in [3.05, 3.63) is 25.4 Å². The van der Waals surface area contributed by atoms with Gasteiger partial charge in [-0.25, -0.2) is 4.98 Å². The van der Waals surface area contributed by atoms with Crippen LogP contribution in [0, 0.1) is 3.57 Å². The number of hydrogen-bond donors (Lipinski definition) is 1.